The second-order valence-corrected chi connectivity index (χ2v) is 4.91. The van der Waals surface area contributed by atoms with Gasteiger partial charge in [0.2, 0.25) is 10.6 Å². The van der Waals surface area contributed by atoms with Crippen LogP contribution < -0.4 is 0 Å². The highest BCUT2D eigenvalue weighted by atomic mass is 35.5. The van der Waals surface area contributed by atoms with Gasteiger partial charge in [-0.15, -0.1) is 0 Å². The first kappa shape index (κ1) is 14.8. The maximum absolute atomic E-state index is 10.4. The van der Waals surface area contributed by atoms with Gasteiger partial charge in [-0.25, -0.2) is 9.97 Å². The SMILES string of the molecule is Clc1ncnc(Cl)n1.O=S(=O)(O)c1ccccc1. The molecular formula is C9H7Cl2N3O3S. The maximum Gasteiger partial charge on any atom is 0.294 e. The van der Waals surface area contributed by atoms with Crippen LogP contribution in [-0.4, -0.2) is 27.9 Å². The van der Waals surface area contributed by atoms with E-state index in [1.807, 2.05) is 0 Å². The van der Waals surface area contributed by atoms with Crippen molar-refractivity contribution in [1.82, 2.24) is 15.0 Å². The molecule has 0 bridgehead atoms. The van der Waals surface area contributed by atoms with Gasteiger partial charge in [-0.05, 0) is 35.3 Å². The van der Waals surface area contributed by atoms with Crippen LogP contribution >= 0.6 is 23.2 Å². The number of hydrogen-bond donors (Lipinski definition) is 1. The number of rotatable bonds is 1. The van der Waals surface area contributed by atoms with Crippen LogP contribution in [0.5, 0.6) is 0 Å². The van der Waals surface area contributed by atoms with E-state index >= 15 is 0 Å². The van der Waals surface area contributed by atoms with Gasteiger partial charge in [-0.2, -0.15) is 13.4 Å². The van der Waals surface area contributed by atoms with E-state index in [1.165, 1.54) is 18.5 Å². The Morgan fingerprint density at radius 2 is 1.50 bits per heavy atom. The Morgan fingerprint density at radius 3 is 1.78 bits per heavy atom. The summed E-state index contributed by atoms with van der Waals surface area (Å²) in [6.07, 6.45) is 1.25. The molecule has 1 aromatic carbocycles. The van der Waals surface area contributed by atoms with Crippen LogP contribution in [-0.2, 0) is 10.1 Å². The highest BCUT2D eigenvalue weighted by Crippen LogP contribution is 2.05. The van der Waals surface area contributed by atoms with Crippen molar-refractivity contribution in [3.63, 3.8) is 0 Å². The molecule has 0 saturated carbocycles. The van der Waals surface area contributed by atoms with Gasteiger partial charge in [-0.3, -0.25) is 4.55 Å². The second-order valence-electron chi connectivity index (χ2n) is 2.81. The zero-order chi connectivity index (χ0) is 13.6. The fourth-order valence-corrected chi connectivity index (χ4v) is 1.64. The predicted molar refractivity (Wildman–Crippen MR) is 66.1 cm³/mol. The molecule has 2 aromatic rings. The van der Waals surface area contributed by atoms with E-state index in [0.29, 0.717) is 0 Å². The molecule has 2 rings (SSSR count). The molecule has 0 aliphatic carbocycles. The fourth-order valence-electron chi connectivity index (χ4n) is 0.850. The van der Waals surface area contributed by atoms with Gasteiger partial charge < -0.3 is 0 Å². The highest BCUT2D eigenvalue weighted by Gasteiger charge is 2.05. The van der Waals surface area contributed by atoms with E-state index in [2.05, 4.69) is 15.0 Å². The number of hydrogen-bond acceptors (Lipinski definition) is 5. The summed E-state index contributed by atoms with van der Waals surface area (Å²) in [5.41, 5.74) is 0. The van der Waals surface area contributed by atoms with Gasteiger partial charge in [0.05, 0.1) is 4.90 Å². The van der Waals surface area contributed by atoms with Crippen molar-refractivity contribution < 1.29 is 13.0 Å². The molecule has 1 N–H and O–H groups in total. The molecule has 0 saturated heterocycles. The van der Waals surface area contributed by atoms with Gasteiger partial charge in [0.1, 0.15) is 6.33 Å². The molecule has 0 fully saturated rings. The Morgan fingerprint density at radius 1 is 1.00 bits per heavy atom. The summed E-state index contributed by atoms with van der Waals surface area (Å²) in [5.74, 6) is 0. The smallest absolute Gasteiger partial charge is 0.282 e. The largest absolute Gasteiger partial charge is 0.294 e. The van der Waals surface area contributed by atoms with Crippen molar-refractivity contribution >= 4 is 33.3 Å². The minimum absolute atomic E-state index is 0.0741. The summed E-state index contributed by atoms with van der Waals surface area (Å²) < 4.78 is 29.2. The normalized spacial score (nSPS) is 10.4. The molecule has 0 amide bonds. The fraction of sp³-hybridized carbons (Fsp3) is 0. The van der Waals surface area contributed by atoms with Crippen molar-refractivity contribution in [2.75, 3.05) is 0 Å². The molecule has 1 aromatic heterocycles. The molecule has 18 heavy (non-hydrogen) atoms. The first-order chi connectivity index (χ1) is 8.39. The van der Waals surface area contributed by atoms with Crippen LogP contribution in [0.3, 0.4) is 0 Å². The molecule has 96 valence electrons. The third-order valence-electron chi connectivity index (χ3n) is 1.55. The molecule has 0 unspecified atom stereocenters. The molecular weight excluding hydrogens is 301 g/mol. The maximum atomic E-state index is 10.4. The highest BCUT2D eigenvalue weighted by molar-refractivity contribution is 7.85. The van der Waals surface area contributed by atoms with E-state index in [9.17, 15) is 8.42 Å². The minimum Gasteiger partial charge on any atom is -0.282 e. The molecule has 0 aliphatic rings. The number of halogens is 2. The van der Waals surface area contributed by atoms with E-state index in [1.54, 1.807) is 18.2 Å². The molecule has 6 nitrogen and oxygen atoms in total. The summed E-state index contributed by atoms with van der Waals surface area (Å²) in [6.45, 7) is 0. The van der Waals surface area contributed by atoms with Gasteiger partial charge in [0.25, 0.3) is 10.1 Å². The van der Waals surface area contributed by atoms with E-state index in [4.69, 9.17) is 27.8 Å². The predicted octanol–water partition coefficient (Wildman–Crippen LogP) is 2.11. The monoisotopic (exact) mass is 307 g/mol. The van der Waals surface area contributed by atoms with Crippen molar-refractivity contribution in [3.8, 4) is 0 Å². The lowest BCUT2D eigenvalue weighted by Crippen LogP contribution is -1.96. The van der Waals surface area contributed by atoms with Crippen LogP contribution in [0.2, 0.25) is 10.6 Å². The number of aromatic nitrogens is 3. The standard InChI is InChI=1S/C6H6O3S.C3HCl2N3/c7-10(8,9)6-4-2-1-3-5-6;4-2-6-1-7-3(5)8-2/h1-5H,(H,7,8,9);1H. The molecule has 9 heteroatoms. The van der Waals surface area contributed by atoms with Crippen LogP contribution in [0.15, 0.2) is 41.6 Å². The van der Waals surface area contributed by atoms with E-state index < -0.39 is 10.1 Å². The molecule has 1 heterocycles. The Balaban J connectivity index is 0.000000184. The lowest BCUT2D eigenvalue weighted by Gasteiger charge is -1.92. The Labute approximate surface area is 113 Å². The van der Waals surface area contributed by atoms with E-state index in [-0.39, 0.29) is 15.5 Å². The molecule has 0 atom stereocenters. The quantitative estimate of drug-likeness (QED) is 0.811. The van der Waals surface area contributed by atoms with E-state index in [0.717, 1.165) is 0 Å². The molecule has 0 aliphatic heterocycles. The van der Waals surface area contributed by atoms with Crippen LogP contribution in [0.25, 0.3) is 0 Å². The third kappa shape index (κ3) is 5.37. The summed E-state index contributed by atoms with van der Waals surface area (Å²) in [5, 5.41) is 0.231. The average Bonchev–Trinajstić information content (AvgIpc) is 2.29. The minimum atomic E-state index is -4.00. The van der Waals surface area contributed by atoms with Crippen molar-refractivity contribution in [2.24, 2.45) is 0 Å². The summed E-state index contributed by atoms with van der Waals surface area (Å²) in [6, 6.07) is 7.42. The Bertz CT molecular complexity index is 590. The van der Waals surface area contributed by atoms with Gasteiger partial charge in [0.15, 0.2) is 0 Å². The van der Waals surface area contributed by atoms with Crippen LogP contribution in [0.4, 0.5) is 0 Å². The Kier molecular flexibility index (Phi) is 5.42. The summed E-state index contributed by atoms with van der Waals surface area (Å²) in [4.78, 5) is 10.4. The lowest BCUT2D eigenvalue weighted by atomic mass is 10.4. The van der Waals surface area contributed by atoms with Crippen molar-refractivity contribution in [3.05, 3.63) is 47.2 Å². The van der Waals surface area contributed by atoms with Crippen molar-refractivity contribution in [1.29, 1.82) is 0 Å². The zero-order valence-electron chi connectivity index (χ0n) is 8.73. The Hall–Kier alpha value is -1.28. The first-order valence-electron chi connectivity index (χ1n) is 4.42. The third-order valence-corrected chi connectivity index (χ3v) is 2.79. The van der Waals surface area contributed by atoms with Crippen molar-refractivity contribution in [2.45, 2.75) is 4.90 Å². The average molecular weight is 308 g/mol. The van der Waals surface area contributed by atoms with Crippen LogP contribution in [0.1, 0.15) is 0 Å². The van der Waals surface area contributed by atoms with Gasteiger partial charge in [-0.1, -0.05) is 18.2 Å². The second kappa shape index (κ2) is 6.60. The van der Waals surface area contributed by atoms with Crippen LogP contribution in [0, 0.1) is 0 Å². The van der Waals surface area contributed by atoms with Gasteiger partial charge >= 0.3 is 0 Å². The summed E-state index contributed by atoms with van der Waals surface area (Å²) >= 11 is 10.6. The van der Waals surface area contributed by atoms with Gasteiger partial charge in [0, 0.05) is 0 Å². The lowest BCUT2D eigenvalue weighted by molar-refractivity contribution is 0.483. The zero-order valence-corrected chi connectivity index (χ0v) is 11.1. The number of benzene rings is 1. The molecule has 0 spiro atoms. The molecule has 0 radical (unpaired) electrons. The summed E-state index contributed by atoms with van der Waals surface area (Å²) in [7, 11) is -4.00. The first-order valence-corrected chi connectivity index (χ1v) is 6.62. The number of nitrogens with zero attached hydrogens (tertiary/aromatic N) is 3. The topological polar surface area (TPSA) is 93.0 Å².